The van der Waals surface area contributed by atoms with Gasteiger partial charge in [-0.1, -0.05) is 18.2 Å². The van der Waals surface area contributed by atoms with Crippen molar-refractivity contribution in [2.75, 3.05) is 31.3 Å². The van der Waals surface area contributed by atoms with Crippen molar-refractivity contribution in [2.24, 2.45) is 0 Å². The number of rotatable bonds is 6. The van der Waals surface area contributed by atoms with E-state index in [0.29, 0.717) is 0 Å². The fraction of sp³-hybridized carbons (Fsp3) is 0.267. The number of pyridine rings is 1. The Balaban J connectivity index is 1.92. The van der Waals surface area contributed by atoms with E-state index >= 15 is 0 Å². The number of aromatic nitrogens is 1. The molecule has 0 atom stereocenters. The molecule has 19 heavy (non-hydrogen) atoms. The summed E-state index contributed by atoms with van der Waals surface area (Å²) in [4.78, 5) is 4.17. The molecule has 0 radical (unpaired) electrons. The summed E-state index contributed by atoms with van der Waals surface area (Å²) in [5.74, 6) is 0.936. The highest BCUT2D eigenvalue weighted by Gasteiger charge is 2.01. The average molecular weight is 257 g/mol. The SMILES string of the molecule is CNc1cncc(NCCc2ccccc2OC)c1. The van der Waals surface area contributed by atoms with Gasteiger partial charge in [-0.05, 0) is 24.1 Å². The maximum Gasteiger partial charge on any atom is 0.122 e. The van der Waals surface area contributed by atoms with Crippen LogP contribution in [0.5, 0.6) is 5.75 Å². The molecule has 0 saturated carbocycles. The van der Waals surface area contributed by atoms with Crippen molar-refractivity contribution in [3.63, 3.8) is 0 Å². The van der Waals surface area contributed by atoms with Crippen molar-refractivity contribution in [1.29, 1.82) is 0 Å². The maximum absolute atomic E-state index is 5.33. The van der Waals surface area contributed by atoms with Gasteiger partial charge in [-0.3, -0.25) is 4.98 Å². The summed E-state index contributed by atoms with van der Waals surface area (Å²) in [5.41, 5.74) is 3.22. The fourth-order valence-electron chi connectivity index (χ4n) is 1.92. The second-order valence-electron chi connectivity index (χ2n) is 4.20. The largest absolute Gasteiger partial charge is 0.496 e. The predicted octanol–water partition coefficient (Wildman–Crippen LogP) is 2.79. The number of nitrogens with zero attached hydrogens (tertiary/aromatic N) is 1. The standard InChI is InChI=1S/C15H19N3O/c1-16-13-9-14(11-17-10-13)18-8-7-12-5-3-4-6-15(12)19-2/h3-6,9-11,16,18H,7-8H2,1-2H3. The number of ether oxygens (including phenoxy) is 1. The molecule has 0 aliphatic rings. The van der Waals surface area contributed by atoms with E-state index in [9.17, 15) is 0 Å². The van der Waals surface area contributed by atoms with Gasteiger partial charge in [0.1, 0.15) is 5.75 Å². The highest BCUT2D eigenvalue weighted by molar-refractivity contribution is 5.53. The highest BCUT2D eigenvalue weighted by atomic mass is 16.5. The molecule has 2 N–H and O–H groups in total. The average Bonchev–Trinajstić information content (AvgIpc) is 2.48. The first-order valence-electron chi connectivity index (χ1n) is 6.32. The van der Waals surface area contributed by atoms with Crippen LogP contribution in [0.3, 0.4) is 0 Å². The molecule has 0 saturated heterocycles. The van der Waals surface area contributed by atoms with Gasteiger partial charge in [-0.15, -0.1) is 0 Å². The Morgan fingerprint density at radius 1 is 1.16 bits per heavy atom. The number of anilines is 2. The van der Waals surface area contributed by atoms with Crippen LogP contribution in [-0.4, -0.2) is 25.7 Å². The van der Waals surface area contributed by atoms with Gasteiger partial charge >= 0.3 is 0 Å². The Hall–Kier alpha value is -2.23. The van der Waals surface area contributed by atoms with Crippen molar-refractivity contribution in [2.45, 2.75) is 6.42 Å². The molecule has 100 valence electrons. The summed E-state index contributed by atoms with van der Waals surface area (Å²) in [6.45, 7) is 0.842. The van der Waals surface area contributed by atoms with Crippen molar-refractivity contribution in [3.8, 4) is 5.75 Å². The van der Waals surface area contributed by atoms with Crippen molar-refractivity contribution in [1.82, 2.24) is 4.98 Å². The molecular weight excluding hydrogens is 238 g/mol. The van der Waals surface area contributed by atoms with Crippen LogP contribution >= 0.6 is 0 Å². The number of nitrogens with one attached hydrogen (secondary N) is 2. The van der Waals surface area contributed by atoms with Crippen molar-refractivity contribution < 1.29 is 4.74 Å². The third-order valence-electron chi connectivity index (χ3n) is 2.94. The molecule has 0 amide bonds. The van der Waals surface area contributed by atoms with Crippen LogP contribution in [0.15, 0.2) is 42.7 Å². The van der Waals surface area contributed by atoms with E-state index < -0.39 is 0 Å². The van der Waals surface area contributed by atoms with E-state index in [1.165, 1.54) is 5.56 Å². The zero-order valence-electron chi connectivity index (χ0n) is 11.3. The fourth-order valence-corrected chi connectivity index (χ4v) is 1.92. The minimum Gasteiger partial charge on any atom is -0.496 e. The lowest BCUT2D eigenvalue weighted by Crippen LogP contribution is -2.06. The first-order valence-corrected chi connectivity index (χ1v) is 6.32. The number of benzene rings is 1. The Morgan fingerprint density at radius 3 is 2.74 bits per heavy atom. The smallest absolute Gasteiger partial charge is 0.122 e. The molecule has 0 unspecified atom stereocenters. The first kappa shape index (κ1) is 13.2. The summed E-state index contributed by atoms with van der Waals surface area (Å²) >= 11 is 0. The Labute approximate surface area is 113 Å². The van der Waals surface area contributed by atoms with Gasteiger partial charge in [0.05, 0.1) is 30.9 Å². The normalized spacial score (nSPS) is 10.0. The van der Waals surface area contributed by atoms with Crippen LogP contribution in [-0.2, 0) is 6.42 Å². The Bertz CT molecular complexity index is 528. The van der Waals surface area contributed by atoms with E-state index in [0.717, 1.165) is 30.1 Å². The third-order valence-corrected chi connectivity index (χ3v) is 2.94. The minimum absolute atomic E-state index is 0.842. The number of para-hydroxylation sites is 1. The van der Waals surface area contributed by atoms with Gasteiger partial charge in [0, 0.05) is 13.6 Å². The van der Waals surface area contributed by atoms with Crippen LogP contribution in [0.4, 0.5) is 11.4 Å². The minimum atomic E-state index is 0.842. The summed E-state index contributed by atoms with van der Waals surface area (Å²) in [6, 6.07) is 10.1. The van der Waals surface area contributed by atoms with Crippen LogP contribution in [0.25, 0.3) is 0 Å². The van der Waals surface area contributed by atoms with E-state index in [-0.39, 0.29) is 0 Å². The number of hydrogen-bond donors (Lipinski definition) is 2. The second kappa shape index (κ2) is 6.64. The second-order valence-corrected chi connectivity index (χ2v) is 4.20. The van der Waals surface area contributed by atoms with Gasteiger partial charge in [0.25, 0.3) is 0 Å². The summed E-state index contributed by atoms with van der Waals surface area (Å²) in [6.07, 6.45) is 4.53. The van der Waals surface area contributed by atoms with Crippen LogP contribution < -0.4 is 15.4 Å². The molecule has 0 bridgehead atoms. The topological polar surface area (TPSA) is 46.2 Å². The lowest BCUT2D eigenvalue weighted by molar-refractivity contribution is 0.410. The van der Waals surface area contributed by atoms with E-state index in [1.54, 1.807) is 13.3 Å². The predicted molar refractivity (Wildman–Crippen MR) is 79.0 cm³/mol. The molecule has 0 fully saturated rings. The van der Waals surface area contributed by atoms with Gasteiger partial charge in [0.15, 0.2) is 0 Å². The number of hydrogen-bond acceptors (Lipinski definition) is 4. The molecule has 1 aromatic carbocycles. The lowest BCUT2D eigenvalue weighted by Gasteiger charge is -2.10. The van der Waals surface area contributed by atoms with Crippen LogP contribution in [0, 0.1) is 0 Å². The van der Waals surface area contributed by atoms with Gasteiger partial charge in [-0.2, -0.15) is 0 Å². The van der Waals surface area contributed by atoms with E-state index in [1.807, 2.05) is 37.5 Å². The van der Waals surface area contributed by atoms with E-state index in [2.05, 4.69) is 21.7 Å². The quantitative estimate of drug-likeness (QED) is 0.835. The molecule has 2 aromatic rings. The molecular formula is C15H19N3O. The third kappa shape index (κ3) is 3.61. The first-order chi connectivity index (χ1) is 9.33. The summed E-state index contributed by atoms with van der Waals surface area (Å²) in [7, 11) is 3.59. The Kier molecular flexibility index (Phi) is 4.61. The van der Waals surface area contributed by atoms with Crippen LogP contribution in [0.1, 0.15) is 5.56 Å². The highest BCUT2D eigenvalue weighted by Crippen LogP contribution is 2.18. The van der Waals surface area contributed by atoms with Crippen molar-refractivity contribution >= 4 is 11.4 Å². The molecule has 4 nitrogen and oxygen atoms in total. The van der Waals surface area contributed by atoms with Gasteiger partial charge in [-0.25, -0.2) is 0 Å². The Morgan fingerprint density at radius 2 is 1.95 bits per heavy atom. The molecule has 1 heterocycles. The summed E-state index contributed by atoms with van der Waals surface area (Å²) in [5, 5.41) is 6.43. The molecule has 2 rings (SSSR count). The molecule has 1 aromatic heterocycles. The molecule has 0 aliphatic heterocycles. The lowest BCUT2D eigenvalue weighted by atomic mass is 10.1. The van der Waals surface area contributed by atoms with E-state index in [4.69, 9.17) is 4.74 Å². The van der Waals surface area contributed by atoms with Crippen molar-refractivity contribution in [3.05, 3.63) is 48.3 Å². The van der Waals surface area contributed by atoms with Gasteiger partial charge < -0.3 is 15.4 Å². The molecule has 0 spiro atoms. The number of methoxy groups -OCH3 is 1. The monoisotopic (exact) mass is 257 g/mol. The maximum atomic E-state index is 5.33. The molecule has 0 aliphatic carbocycles. The van der Waals surface area contributed by atoms with Gasteiger partial charge in [0.2, 0.25) is 0 Å². The molecule has 4 heteroatoms. The zero-order valence-corrected chi connectivity index (χ0v) is 11.3. The van der Waals surface area contributed by atoms with Crippen LogP contribution in [0.2, 0.25) is 0 Å². The summed E-state index contributed by atoms with van der Waals surface area (Å²) < 4.78 is 5.33. The zero-order chi connectivity index (χ0) is 13.5.